The van der Waals surface area contributed by atoms with Gasteiger partial charge in [-0.3, -0.25) is 4.79 Å². The number of nitrogens with zero attached hydrogens (tertiary/aromatic N) is 3. The van der Waals surface area contributed by atoms with Crippen molar-refractivity contribution < 1.29 is 14.3 Å². The van der Waals surface area contributed by atoms with Gasteiger partial charge in [-0.25, -0.2) is 9.48 Å². The van der Waals surface area contributed by atoms with E-state index in [9.17, 15) is 9.59 Å². The molecule has 2 heterocycles. The Morgan fingerprint density at radius 3 is 2.26 bits per heavy atom. The van der Waals surface area contributed by atoms with Crippen molar-refractivity contribution in [3.05, 3.63) is 70.9 Å². The number of piperidine rings is 1. The molecule has 2 aromatic carbocycles. The van der Waals surface area contributed by atoms with Gasteiger partial charge in [0.1, 0.15) is 0 Å². The Hall–Kier alpha value is -3.41. The third-order valence-corrected chi connectivity index (χ3v) is 6.51. The lowest BCUT2D eigenvalue weighted by Gasteiger charge is -2.35. The molecule has 34 heavy (non-hydrogen) atoms. The predicted molar refractivity (Wildman–Crippen MR) is 133 cm³/mol. The van der Waals surface area contributed by atoms with Gasteiger partial charge in [-0.15, -0.1) is 0 Å². The summed E-state index contributed by atoms with van der Waals surface area (Å²) < 4.78 is 6.93. The first kappa shape index (κ1) is 23.7. The molecule has 0 spiro atoms. The largest absolute Gasteiger partial charge is 0.461 e. The molecule has 1 aliphatic rings. The van der Waals surface area contributed by atoms with Gasteiger partial charge in [0.25, 0.3) is 5.91 Å². The van der Waals surface area contributed by atoms with Gasteiger partial charge in [-0.2, -0.15) is 5.10 Å². The lowest BCUT2D eigenvalue weighted by molar-refractivity contribution is 0.0518. The molecule has 1 aromatic heterocycles. The van der Waals surface area contributed by atoms with Crippen molar-refractivity contribution in [2.24, 2.45) is 11.8 Å². The van der Waals surface area contributed by atoms with Crippen LogP contribution in [0.15, 0.2) is 48.5 Å². The fraction of sp³-hybridized carbons (Fsp3) is 0.393. The minimum absolute atomic E-state index is 0.0620. The Morgan fingerprint density at radius 1 is 0.971 bits per heavy atom. The topological polar surface area (TPSA) is 64.4 Å². The summed E-state index contributed by atoms with van der Waals surface area (Å²) in [5.74, 6) is 0.634. The van der Waals surface area contributed by atoms with Crippen LogP contribution in [0.25, 0.3) is 16.9 Å². The van der Waals surface area contributed by atoms with Crippen LogP contribution >= 0.6 is 0 Å². The number of amides is 1. The van der Waals surface area contributed by atoms with Crippen LogP contribution in [0.4, 0.5) is 0 Å². The zero-order valence-corrected chi connectivity index (χ0v) is 20.7. The van der Waals surface area contributed by atoms with E-state index >= 15 is 0 Å². The van der Waals surface area contributed by atoms with E-state index in [4.69, 9.17) is 4.74 Å². The van der Waals surface area contributed by atoms with Crippen LogP contribution in [-0.2, 0) is 4.74 Å². The molecule has 1 aliphatic heterocycles. The molecule has 0 aliphatic carbocycles. The summed E-state index contributed by atoms with van der Waals surface area (Å²) in [5, 5.41) is 4.56. The van der Waals surface area contributed by atoms with E-state index < -0.39 is 5.97 Å². The lowest BCUT2D eigenvalue weighted by Crippen LogP contribution is -2.42. The number of hydrogen-bond donors (Lipinski definition) is 0. The fourth-order valence-electron chi connectivity index (χ4n) is 4.75. The van der Waals surface area contributed by atoms with Crippen LogP contribution in [0.1, 0.15) is 59.2 Å². The van der Waals surface area contributed by atoms with Gasteiger partial charge in [0.15, 0.2) is 5.69 Å². The molecule has 0 radical (unpaired) electrons. The van der Waals surface area contributed by atoms with Crippen molar-refractivity contribution in [2.45, 2.75) is 41.0 Å². The highest BCUT2D eigenvalue weighted by atomic mass is 16.5. The number of carbonyl (C=O) groups excluding carboxylic acids is 2. The number of hydrogen-bond acceptors (Lipinski definition) is 4. The van der Waals surface area contributed by atoms with Crippen molar-refractivity contribution in [3.8, 4) is 16.9 Å². The molecule has 6 nitrogen and oxygen atoms in total. The van der Waals surface area contributed by atoms with E-state index in [-0.39, 0.29) is 18.2 Å². The second kappa shape index (κ2) is 9.84. The maximum absolute atomic E-state index is 13.1. The van der Waals surface area contributed by atoms with Crippen molar-refractivity contribution in [3.63, 3.8) is 0 Å². The second-order valence-electron chi connectivity index (χ2n) is 9.55. The average Bonchev–Trinajstić information content (AvgIpc) is 3.26. The molecule has 3 aromatic rings. The number of aryl methyl sites for hydroxylation is 2. The summed E-state index contributed by atoms with van der Waals surface area (Å²) >= 11 is 0. The van der Waals surface area contributed by atoms with Crippen molar-refractivity contribution in [1.29, 1.82) is 0 Å². The van der Waals surface area contributed by atoms with Gasteiger partial charge in [0.05, 0.1) is 18.0 Å². The maximum atomic E-state index is 13.1. The van der Waals surface area contributed by atoms with Crippen LogP contribution in [0.5, 0.6) is 0 Å². The third kappa shape index (κ3) is 4.91. The number of carbonyl (C=O) groups is 2. The van der Waals surface area contributed by atoms with Crippen LogP contribution in [0.3, 0.4) is 0 Å². The quantitative estimate of drug-likeness (QED) is 0.476. The summed E-state index contributed by atoms with van der Waals surface area (Å²) in [6, 6.07) is 15.4. The van der Waals surface area contributed by atoms with E-state index in [1.807, 2.05) is 35.2 Å². The standard InChI is InChI=1S/C28H33N3O3/c1-6-34-28(33)25-15-26(23-8-7-20(4)21(5)14-23)31(29-25)24-11-9-22(10-12-24)27(32)30-16-18(2)13-19(3)17-30/h7-12,14-15,18-19H,6,13,16-17H2,1-5H3. The number of likely N-dealkylation sites (tertiary alicyclic amines) is 1. The van der Waals surface area contributed by atoms with Crippen LogP contribution in [-0.4, -0.2) is 46.3 Å². The zero-order chi connectivity index (χ0) is 24.4. The highest BCUT2D eigenvalue weighted by molar-refractivity contribution is 5.94. The number of esters is 1. The Bertz CT molecular complexity index is 1190. The van der Waals surface area contributed by atoms with Gasteiger partial charge in [-0.1, -0.05) is 26.0 Å². The van der Waals surface area contributed by atoms with Crippen molar-refractivity contribution in [2.75, 3.05) is 19.7 Å². The van der Waals surface area contributed by atoms with Gasteiger partial charge < -0.3 is 9.64 Å². The summed E-state index contributed by atoms with van der Waals surface area (Å²) in [6.07, 6.45) is 1.16. The molecule has 0 N–H and O–H groups in total. The van der Waals surface area contributed by atoms with E-state index in [0.717, 1.165) is 42.0 Å². The van der Waals surface area contributed by atoms with E-state index in [1.54, 1.807) is 17.7 Å². The molecular weight excluding hydrogens is 426 g/mol. The minimum Gasteiger partial charge on any atom is -0.461 e. The lowest BCUT2D eigenvalue weighted by atomic mass is 9.91. The van der Waals surface area contributed by atoms with Crippen molar-refractivity contribution in [1.82, 2.24) is 14.7 Å². The minimum atomic E-state index is -0.452. The molecule has 178 valence electrons. The molecule has 2 atom stereocenters. The highest BCUT2D eigenvalue weighted by Gasteiger charge is 2.26. The van der Waals surface area contributed by atoms with E-state index in [0.29, 0.717) is 17.4 Å². The highest BCUT2D eigenvalue weighted by Crippen LogP contribution is 2.27. The number of benzene rings is 2. The smallest absolute Gasteiger partial charge is 0.358 e. The molecule has 2 unspecified atom stereocenters. The van der Waals surface area contributed by atoms with Crippen LogP contribution in [0.2, 0.25) is 0 Å². The summed E-state index contributed by atoms with van der Waals surface area (Å²) in [5.41, 5.74) is 5.81. The average molecular weight is 460 g/mol. The molecule has 4 rings (SSSR count). The number of rotatable bonds is 5. The maximum Gasteiger partial charge on any atom is 0.358 e. The molecule has 1 amide bonds. The number of aromatic nitrogens is 2. The number of ether oxygens (including phenoxy) is 1. The summed E-state index contributed by atoms with van der Waals surface area (Å²) in [6.45, 7) is 12.2. The van der Waals surface area contributed by atoms with Gasteiger partial charge in [-0.05, 0) is 86.6 Å². The second-order valence-corrected chi connectivity index (χ2v) is 9.55. The Labute approximate surface area is 201 Å². The van der Waals surface area contributed by atoms with Gasteiger partial charge in [0.2, 0.25) is 0 Å². The van der Waals surface area contributed by atoms with E-state index in [1.165, 1.54) is 5.56 Å². The van der Waals surface area contributed by atoms with Crippen LogP contribution in [0, 0.1) is 25.7 Å². The van der Waals surface area contributed by atoms with E-state index in [2.05, 4.69) is 44.9 Å². The SMILES string of the molecule is CCOC(=O)c1cc(-c2ccc(C)c(C)c2)n(-c2ccc(C(=O)N3CC(C)CC(C)C3)cc2)n1. The predicted octanol–water partition coefficient (Wildman–Crippen LogP) is 5.45. The molecule has 6 heteroatoms. The van der Waals surface area contributed by atoms with Gasteiger partial charge in [0, 0.05) is 24.2 Å². The summed E-state index contributed by atoms with van der Waals surface area (Å²) in [4.78, 5) is 27.5. The first-order valence-corrected chi connectivity index (χ1v) is 12.0. The molecular formula is C28H33N3O3. The van der Waals surface area contributed by atoms with Crippen LogP contribution < -0.4 is 0 Å². The zero-order valence-electron chi connectivity index (χ0n) is 20.7. The fourth-order valence-corrected chi connectivity index (χ4v) is 4.75. The first-order chi connectivity index (χ1) is 16.3. The molecule has 1 saturated heterocycles. The Balaban J connectivity index is 1.68. The van der Waals surface area contributed by atoms with Crippen molar-refractivity contribution >= 4 is 11.9 Å². The Kier molecular flexibility index (Phi) is 6.87. The Morgan fingerprint density at radius 2 is 1.65 bits per heavy atom. The molecule has 0 bridgehead atoms. The molecule has 0 saturated carbocycles. The summed E-state index contributed by atoms with van der Waals surface area (Å²) in [7, 11) is 0. The van der Waals surface area contributed by atoms with Gasteiger partial charge >= 0.3 is 5.97 Å². The third-order valence-electron chi connectivity index (χ3n) is 6.51. The molecule has 1 fully saturated rings. The monoisotopic (exact) mass is 459 g/mol. The normalized spacial score (nSPS) is 18.1. The first-order valence-electron chi connectivity index (χ1n) is 12.0.